The van der Waals surface area contributed by atoms with Crippen LogP contribution in [0.1, 0.15) is 39.8 Å². The lowest BCUT2D eigenvalue weighted by atomic mass is 9.83. The van der Waals surface area contributed by atoms with Gasteiger partial charge in [0, 0.05) is 17.7 Å². The molecule has 4 aromatic rings. The van der Waals surface area contributed by atoms with Gasteiger partial charge in [0.05, 0.1) is 5.92 Å². The maximum atomic E-state index is 11.3. The Morgan fingerprint density at radius 2 is 1.17 bits per heavy atom. The van der Waals surface area contributed by atoms with E-state index in [0.29, 0.717) is 35.3 Å². The second kappa shape index (κ2) is 8.68. The fourth-order valence-corrected chi connectivity index (χ4v) is 4.74. The van der Waals surface area contributed by atoms with Crippen LogP contribution in [0.15, 0.2) is 72.8 Å². The maximum Gasteiger partial charge on any atom is 0.135 e. The van der Waals surface area contributed by atoms with Crippen molar-refractivity contribution in [3.05, 3.63) is 101 Å². The normalized spacial score (nSPS) is 16.6. The van der Waals surface area contributed by atoms with Gasteiger partial charge >= 0.3 is 0 Å². The molecule has 7 nitrogen and oxygen atoms in total. The zero-order chi connectivity index (χ0) is 24.7. The summed E-state index contributed by atoms with van der Waals surface area (Å²) in [6.45, 7) is 0. The Hall–Kier alpha value is -4.52. The molecule has 7 heteroatoms. The second-order valence-electron chi connectivity index (χ2n) is 8.73. The minimum Gasteiger partial charge on any atom is -0.508 e. The third-order valence-electron chi connectivity index (χ3n) is 6.28. The van der Waals surface area contributed by atoms with Gasteiger partial charge in [0.2, 0.25) is 0 Å². The summed E-state index contributed by atoms with van der Waals surface area (Å²) in [4.78, 5) is 0. The highest BCUT2D eigenvalue weighted by atomic mass is 16.5. The first kappa shape index (κ1) is 22.3. The molecule has 0 fully saturated rings. The lowest BCUT2D eigenvalue weighted by Crippen LogP contribution is -2.11. The number of hydrogen-bond donors (Lipinski definition) is 6. The number of rotatable bonds is 5. The van der Waals surface area contributed by atoms with Crippen molar-refractivity contribution in [1.29, 1.82) is 0 Å². The highest BCUT2D eigenvalue weighted by molar-refractivity contribution is 5.59. The van der Waals surface area contributed by atoms with Crippen LogP contribution in [0.25, 0.3) is 0 Å². The van der Waals surface area contributed by atoms with Crippen LogP contribution in [-0.2, 0) is 12.8 Å². The zero-order valence-electron chi connectivity index (χ0n) is 18.6. The van der Waals surface area contributed by atoms with E-state index in [9.17, 15) is 30.6 Å². The lowest BCUT2D eigenvalue weighted by Gasteiger charge is -2.21. The standard InChI is InChI=1S/C28H24O7/c29-19-6-3-17(4-7-19)28-25(18-11-22(32)14-23(33)12-18)26-24(35-28)8-5-16(27(26)34)2-1-15-9-20(30)13-21(31)10-15/h3-14,25,28-34H,1-2H2. The maximum absolute atomic E-state index is 11.3. The van der Waals surface area contributed by atoms with E-state index >= 15 is 0 Å². The van der Waals surface area contributed by atoms with Crippen molar-refractivity contribution in [2.75, 3.05) is 0 Å². The molecule has 4 aromatic carbocycles. The van der Waals surface area contributed by atoms with Crippen molar-refractivity contribution in [2.24, 2.45) is 0 Å². The molecule has 0 saturated carbocycles. The summed E-state index contributed by atoms with van der Waals surface area (Å²) in [6.07, 6.45) is 0.328. The van der Waals surface area contributed by atoms with Crippen molar-refractivity contribution in [1.82, 2.24) is 0 Å². The number of ether oxygens (including phenoxy) is 1. The van der Waals surface area contributed by atoms with Crippen molar-refractivity contribution >= 4 is 0 Å². The second-order valence-corrected chi connectivity index (χ2v) is 8.73. The molecule has 1 aliphatic rings. The van der Waals surface area contributed by atoms with Crippen LogP contribution in [0.2, 0.25) is 0 Å². The SMILES string of the molecule is Oc1ccc(C2Oc3ccc(CCc4cc(O)cc(O)c4)c(O)c3C2c2cc(O)cc(O)c2)cc1. The molecule has 6 N–H and O–H groups in total. The molecule has 0 spiro atoms. The molecule has 0 amide bonds. The average molecular weight is 472 g/mol. The van der Waals surface area contributed by atoms with Gasteiger partial charge in [0.1, 0.15) is 46.4 Å². The van der Waals surface area contributed by atoms with Gasteiger partial charge in [-0.1, -0.05) is 18.2 Å². The van der Waals surface area contributed by atoms with Crippen LogP contribution >= 0.6 is 0 Å². The Morgan fingerprint density at radius 3 is 1.80 bits per heavy atom. The molecule has 1 aliphatic heterocycles. The van der Waals surface area contributed by atoms with Gasteiger partial charge in [0.25, 0.3) is 0 Å². The first-order valence-electron chi connectivity index (χ1n) is 11.1. The largest absolute Gasteiger partial charge is 0.508 e. The monoisotopic (exact) mass is 472 g/mol. The van der Waals surface area contributed by atoms with E-state index in [1.54, 1.807) is 48.5 Å². The molecule has 0 aliphatic carbocycles. The van der Waals surface area contributed by atoms with Crippen LogP contribution < -0.4 is 4.74 Å². The van der Waals surface area contributed by atoms with E-state index in [4.69, 9.17) is 4.74 Å². The van der Waals surface area contributed by atoms with Crippen LogP contribution in [0, 0.1) is 0 Å². The highest BCUT2D eigenvalue weighted by Gasteiger charge is 2.40. The minimum atomic E-state index is -0.573. The summed E-state index contributed by atoms with van der Waals surface area (Å²) in [7, 11) is 0. The van der Waals surface area contributed by atoms with Crippen LogP contribution in [-0.4, -0.2) is 30.6 Å². The predicted octanol–water partition coefficient (Wildman–Crippen LogP) is 4.97. The molecule has 1 heterocycles. The quantitative estimate of drug-likeness (QED) is 0.242. The molecule has 0 saturated heterocycles. The molecular formula is C28H24O7. The fraction of sp³-hybridized carbons (Fsp3) is 0.143. The van der Waals surface area contributed by atoms with Gasteiger partial charge in [-0.15, -0.1) is 0 Å². The molecular weight excluding hydrogens is 448 g/mol. The van der Waals surface area contributed by atoms with E-state index in [1.807, 2.05) is 0 Å². The Balaban J connectivity index is 1.56. The lowest BCUT2D eigenvalue weighted by molar-refractivity contribution is 0.222. The molecule has 2 unspecified atom stereocenters. The minimum absolute atomic E-state index is 0.0351. The molecule has 0 radical (unpaired) electrons. The number of phenolic OH excluding ortho intramolecular Hbond substituents is 6. The van der Waals surface area contributed by atoms with Crippen molar-refractivity contribution in [3.63, 3.8) is 0 Å². The first-order valence-corrected chi connectivity index (χ1v) is 11.1. The third-order valence-corrected chi connectivity index (χ3v) is 6.28. The van der Waals surface area contributed by atoms with Crippen molar-refractivity contribution in [2.45, 2.75) is 24.9 Å². The van der Waals surface area contributed by atoms with Crippen LogP contribution in [0.5, 0.6) is 40.2 Å². The van der Waals surface area contributed by atoms with Gasteiger partial charge in [-0.2, -0.15) is 0 Å². The Bertz CT molecular complexity index is 1360. The molecule has 178 valence electrons. The summed E-state index contributed by atoms with van der Waals surface area (Å²) < 4.78 is 6.24. The summed E-state index contributed by atoms with van der Waals surface area (Å²) >= 11 is 0. The van der Waals surface area contributed by atoms with Crippen LogP contribution in [0.3, 0.4) is 0 Å². The molecule has 35 heavy (non-hydrogen) atoms. The van der Waals surface area contributed by atoms with E-state index in [-0.39, 0.29) is 34.5 Å². The van der Waals surface area contributed by atoms with Crippen LogP contribution in [0.4, 0.5) is 0 Å². The topological polar surface area (TPSA) is 131 Å². The number of aromatic hydroxyl groups is 6. The Labute approximate surface area is 201 Å². The Kier molecular flexibility index (Phi) is 5.53. The molecule has 0 aromatic heterocycles. The zero-order valence-corrected chi connectivity index (χ0v) is 18.6. The van der Waals surface area contributed by atoms with Gasteiger partial charge in [-0.3, -0.25) is 0 Å². The number of hydrogen-bond acceptors (Lipinski definition) is 7. The van der Waals surface area contributed by atoms with E-state index < -0.39 is 12.0 Å². The number of fused-ring (bicyclic) bond motifs is 1. The smallest absolute Gasteiger partial charge is 0.135 e. The summed E-state index contributed by atoms with van der Waals surface area (Å²) in [6, 6.07) is 18.8. The highest BCUT2D eigenvalue weighted by Crippen LogP contribution is 2.54. The average Bonchev–Trinajstić information content (AvgIpc) is 3.18. The van der Waals surface area contributed by atoms with Gasteiger partial charge in [-0.25, -0.2) is 0 Å². The summed E-state index contributed by atoms with van der Waals surface area (Å²) in [5.41, 5.74) is 3.21. The fourth-order valence-electron chi connectivity index (χ4n) is 4.74. The molecule has 0 bridgehead atoms. The summed E-state index contributed by atoms with van der Waals surface area (Å²) in [5.74, 6) is -0.210. The number of phenols is 6. The van der Waals surface area contributed by atoms with Gasteiger partial charge < -0.3 is 35.4 Å². The molecule has 5 rings (SSSR count). The predicted molar refractivity (Wildman–Crippen MR) is 128 cm³/mol. The van der Waals surface area contributed by atoms with E-state index in [1.165, 1.54) is 24.3 Å². The van der Waals surface area contributed by atoms with E-state index in [0.717, 1.165) is 11.1 Å². The van der Waals surface area contributed by atoms with E-state index in [2.05, 4.69) is 0 Å². The number of benzene rings is 4. The third kappa shape index (κ3) is 4.36. The Morgan fingerprint density at radius 1 is 0.571 bits per heavy atom. The number of aryl methyl sites for hydroxylation is 2. The first-order chi connectivity index (χ1) is 16.8. The van der Waals surface area contributed by atoms with Crippen molar-refractivity contribution in [3.8, 4) is 40.2 Å². The van der Waals surface area contributed by atoms with Gasteiger partial charge in [-0.05, 0) is 77.6 Å². The van der Waals surface area contributed by atoms with Gasteiger partial charge in [0.15, 0.2) is 0 Å². The summed E-state index contributed by atoms with van der Waals surface area (Å²) in [5, 5.41) is 60.8. The molecule has 2 atom stereocenters. The van der Waals surface area contributed by atoms with Crippen molar-refractivity contribution < 1.29 is 35.4 Å².